The van der Waals surface area contributed by atoms with Gasteiger partial charge in [-0.1, -0.05) is 12.1 Å². The molecule has 2 rings (SSSR count). The van der Waals surface area contributed by atoms with Crippen molar-refractivity contribution in [2.24, 2.45) is 0 Å². The van der Waals surface area contributed by atoms with Crippen molar-refractivity contribution in [3.05, 3.63) is 59.7 Å². The number of para-hydroxylation sites is 1. The standard InChI is InChI=1S/C12H7F3N2O/c13-8-3-1-2-4-9(8)17-12(18)7-5-6-16-11(15)10(7)14/h1-6H,(H,17,18). The number of amides is 1. The number of benzene rings is 1. The molecule has 1 N–H and O–H groups in total. The molecule has 3 nitrogen and oxygen atoms in total. The van der Waals surface area contributed by atoms with Crippen LogP contribution in [0.15, 0.2) is 36.5 Å². The molecule has 0 aliphatic heterocycles. The summed E-state index contributed by atoms with van der Waals surface area (Å²) in [7, 11) is 0. The Kier molecular flexibility index (Phi) is 3.27. The lowest BCUT2D eigenvalue weighted by Crippen LogP contribution is -2.15. The average Bonchev–Trinajstić information content (AvgIpc) is 2.35. The number of aromatic nitrogens is 1. The van der Waals surface area contributed by atoms with E-state index in [0.29, 0.717) is 0 Å². The van der Waals surface area contributed by atoms with E-state index in [0.717, 1.165) is 18.3 Å². The van der Waals surface area contributed by atoms with E-state index in [2.05, 4.69) is 10.3 Å². The third-order valence-electron chi connectivity index (χ3n) is 2.21. The number of hydrogen-bond donors (Lipinski definition) is 1. The predicted molar refractivity (Wildman–Crippen MR) is 58.5 cm³/mol. The highest BCUT2D eigenvalue weighted by molar-refractivity contribution is 6.04. The van der Waals surface area contributed by atoms with Crippen LogP contribution in [0.25, 0.3) is 0 Å². The van der Waals surface area contributed by atoms with Gasteiger partial charge in [0.15, 0.2) is 5.82 Å². The molecule has 0 saturated heterocycles. The molecule has 0 unspecified atom stereocenters. The maximum atomic E-state index is 13.3. The lowest BCUT2D eigenvalue weighted by molar-refractivity contribution is 0.102. The molecular formula is C12H7F3N2O. The Morgan fingerprint density at radius 2 is 1.83 bits per heavy atom. The fourth-order valence-electron chi connectivity index (χ4n) is 1.35. The second kappa shape index (κ2) is 4.87. The van der Waals surface area contributed by atoms with Gasteiger partial charge in [-0.05, 0) is 18.2 Å². The summed E-state index contributed by atoms with van der Waals surface area (Å²) in [4.78, 5) is 14.7. The zero-order valence-corrected chi connectivity index (χ0v) is 8.95. The van der Waals surface area contributed by atoms with Gasteiger partial charge >= 0.3 is 0 Å². The number of hydrogen-bond acceptors (Lipinski definition) is 2. The van der Waals surface area contributed by atoms with Crippen molar-refractivity contribution in [1.82, 2.24) is 4.98 Å². The summed E-state index contributed by atoms with van der Waals surface area (Å²) >= 11 is 0. The molecule has 0 aliphatic rings. The van der Waals surface area contributed by atoms with Crippen LogP contribution >= 0.6 is 0 Å². The minimum atomic E-state index is -1.38. The van der Waals surface area contributed by atoms with Crippen molar-refractivity contribution >= 4 is 11.6 Å². The number of nitrogens with zero attached hydrogens (tertiary/aromatic N) is 1. The van der Waals surface area contributed by atoms with Gasteiger partial charge in [0.1, 0.15) is 5.82 Å². The Morgan fingerprint density at radius 1 is 1.11 bits per heavy atom. The highest BCUT2D eigenvalue weighted by Gasteiger charge is 2.17. The minimum absolute atomic E-state index is 0.112. The van der Waals surface area contributed by atoms with E-state index in [1.54, 1.807) is 0 Å². The number of anilines is 1. The summed E-state index contributed by atoms with van der Waals surface area (Å²) in [5.41, 5.74) is -0.648. The third-order valence-corrected chi connectivity index (χ3v) is 2.21. The van der Waals surface area contributed by atoms with E-state index in [1.807, 2.05) is 0 Å². The highest BCUT2D eigenvalue weighted by Crippen LogP contribution is 2.15. The summed E-state index contributed by atoms with van der Waals surface area (Å²) in [6.45, 7) is 0. The van der Waals surface area contributed by atoms with Crippen molar-refractivity contribution < 1.29 is 18.0 Å². The quantitative estimate of drug-likeness (QED) is 0.835. The van der Waals surface area contributed by atoms with Crippen LogP contribution in [-0.2, 0) is 0 Å². The largest absolute Gasteiger partial charge is 0.319 e. The minimum Gasteiger partial charge on any atom is -0.319 e. The molecule has 0 radical (unpaired) electrons. The van der Waals surface area contributed by atoms with Crippen molar-refractivity contribution in [2.45, 2.75) is 0 Å². The number of pyridine rings is 1. The topological polar surface area (TPSA) is 42.0 Å². The molecule has 0 bridgehead atoms. The second-order valence-electron chi connectivity index (χ2n) is 3.40. The molecule has 1 amide bonds. The number of rotatable bonds is 2. The molecule has 6 heteroatoms. The van der Waals surface area contributed by atoms with Gasteiger partial charge in [-0.25, -0.2) is 13.8 Å². The molecule has 1 aromatic heterocycles. The van der Waals surface area contributed by atoms with Crippen molar-refractivity contribution in [2.75, 3.05) is 5.32 Å². The molecule has 0 fully saturated rings. The van der Waals surface area contributed by atoms with Crippen LogP contribution in [0, 0.1) is 17.6 Å². The van der Waals surface area contributed by atoms with E-state index in [-0.39, 0.29) is 5.69 Å². The van der Waals surface area contributed by atoms with Crippen LogP contribution in [0.1, 0.15) is 10.4 Å². The average molecular weight is 252 g/mol. The molecule has 1 heterocycles. The summed E-state index contributed by atoms with van der Waals surface area (Å²) in [6, 6.07) is 6.40. The summed E-state index contributed by atoms with van der Waals surface area (Å²) in [6.07, 6.45) is 0.953. The van der Waals surface area contributed by atoms with E-state index in [9.17, 15) is 18.0 Å². The second-order valence-corrected chi connectivity index (χ2v) is 3.40. The molecule has 1 aromatic carbocycles. The van der Waals surface area contributed by atoms with Crippen molar-refractivity contribution in [1.29, 1.82) is 0 Å². The maximum Gasteiger partial charge on any atom is 0.258 e. The van der Waals surface area contributed by atoms with Crippen LogP contribution in [0.2, 0.25) is 0 Å². The van der Waals surface area contributed by atoms with E-state index in [4.69, 9.17) is 0 Å². The maximum absolute atomic E-state index is 13.3. The first-order valence-corrected chi connectivity index (χ1v) is 4.95. The third kappa shape index (κ3) is 2.32. The van der Waals surface area contributed by atoms with Crippen LogP contribution in [0.3, 0.4) is 0 Å². The number of carbonyl (C=O) groups excluding carboxylic acids is 1. The number of halogens is 3. The Balaban J connectivity index is 2.28. The number of carbonyl (C=O) groups is 1. The van der Waals surface area contributed by atoms with Gasteiger partial charge in [-0.15, -0.1) is 0 Å². The van der Waals surface area contributed by atoms with E-state index in [1.165, 1.54) is 18.2 Å². The first-order valence-electron chi connectivity index (χ1n) is 4.95. The van der Waals surface area contributed by atoms with Crippen molar-refractivity contribution in [3.63, 3.8) is 0 Å². The Labute approximate surface area is 100 Å². The fraction of sp³-hybridized carbons (Fsp3) is 0. The zero-order valence-electron chi connectivity index (χ0n) is 8.95. The highest BCUT2D eigenvalue weighted by atomic mass is 19.2. The van der Waals surface area contributed by atoms with Crippen LogP contribution < -0.4 is 5.32 Å². The lowest BCUT2D eigenvalue weighted by Gasteiger charge is -2.06. The van der Waals surface area contributed by atoms with E-state index >= 15 is 0 Å². The number of nitrogens with one attached hydrogen (secondary N) is 1. The van der Waals surface area contributed by atoms with Gasteiger partial charge in [0.05, 0.1) is 11.3 Å². The molecule has 2 aromatic rings. The predicted octanol–water partition coefficient (Wildman–Crippen LogP) is 2.75. The van der Waals surface area contributed by atoms with Gasteiger partial charge in [-0.3, -0.25) is 4.79 Å². The molecule has 0 aliphatic carbocycles. The molecule has 0 saturated carbocycles. The summed E-state index contributed by atoms with van der Waals surface area (Å²) in [5.74, 6) is -4.36. The smallest absolute Gasteiger partial charge is 0.258 e. The molecule has 92 valence electrons. The van der Waals surface area contributed by atoms with Gasteiger partial charge in [0, 0.05) is 6.20 Å². The van der Waals surface area contributed by atoms with Crippen LogP contribution in [-0.4, -0.2) is 10.9 Å². The van der Waals surface area contributed by atoms with Gasteiger partial charge < -0.3 is 5.32 Å². The normalized spacial score (nSPS) is 10.2. The summed E-state index contributed by atoms with van der Waals surface area (Å²) in [5, 5.41) is 2.15. The van der Waals surface area contributed by atoms with Gasteiger partial charge in [-0.2, -0.15) is 4.39 Å². The van der Waals surface area contributed by atoms with Gasteiger partial charge in [0.2, 0.25) is 5.95 Å². The fourth-order valence-corrected chi connectivity index (χ4v) is 1.35. The first kappa shape index (κ1) is 12.1. The van der Waals surface area contributed by atoms with Gasteiger partial charge in [0.25, 0.3) is 5.91 Å². The monoisotopic (exact) mass is 252 g/mol. The molecular weight excluding hydrogens is 245 g/mol. The molecule has 18 heavy (non-hydrogen) atoms. The Hall–Kier alpha value is -2.37. The van der Waals surface area contributed by atoms with Crippen LogP contribution in [0.5, 0.6) is 0 Å². The van der Waals surface area contributed by atoms with Crippen molar-refractivity contribution in [3.8, 4) is 0 Å². The first-order chi connectivity index (χ1) is 8.59. The SMILES string of the molecule is O=C(Nc1ccccc1F)c1ccnc(F)c1F. The molecule has 0 atom stereocenters. The Bertz CT molecular complexity index is 602. The summed E-state index contributed by atoms with van der Waals surface area (Å²) < 4.78 is 39.3. The van der Waals surface area contributed by atoms with E-state index < -0.39 is 29.1 Å². The molecule has 0 spiro atoms. The van der Waals surface area contributed by atoms with Crippen LogP contribution in [0.4, 0.5) is 18.9 Å². The Morgan fingerprint density at radius 3 is 2.56 bits per heavy atom. The lowest BCUT2D eigenvalue weighted by atomic mass is 10.2. The zero-order chi connectivity index (χ0) is 13.1.